The Kier molecular flexibility index (Phi) is 2.93. The number of hydrogen-bond acceptors (Lipinski definition) is 2. The Bertz CT molecular complexity index is 564. The lowest BCUT2D eigenvalue weighted by molar-refractivity contribution is -0.0436. The van der Waals surface area contributed by atoms with E-state index < -0.39 is 5.60 Å². The predicted molar refractivity (Wildman–Crippen MR) is 75.5 cm³/mol. The molecule has 2 nitrogen and oxygen atoms in total. The molecule has 1 aliphatic heterocycles. The van der Waals surface area contributed by atoms with Gasteiger partial charge < -0.3 is 4.74 Å². The fraction of sp³-hybridized carbons (Fsp3) is 0.588. The van der Waals surface area contributed by atoms with Gasteiger partial charge in [-0.15, -0.1) is 0 Å². The van der Waals surface area contributed by atoms with Crippen molar-refractivity contribution < 1.29 is 13.9 Å². The molecule has 2 atom stereocenters. The van der Waals surface area contributed by atoms with Crippen molar-refractivity contribution >= 4 is 5.78 Å². The molecule has 1 aliphatic carbocycles. The molecular weight excluding hydrogens is 255 g/mol. The first-order chi connectivity index (χ1) is 9.29. The van der Waals surface area contributed by atoms with Gasteiger partial charge in [-0.05, 0) is 48.8 Å². The van der Waals surface area contributed by atoms with Gasteiger partial charge in [0.2, 0.25) is 0 Å². The largest absolute Gasteiger partial charge is 0.486 e. The van der Waals surface area contributed by atoms with Crippen LogP contribution in [0, 0.1) is 17.2 Å². The zero-order valence-corrected chi connectivity index (χ0v) is 12.3. The van der Waals surface area contributed by atoms with Crippen LogP contribution in [-0.2, 0) is 0 Å². The summed E-state index contributed by atoms with van der Waals surface area (Å²) in [6.07, 6.45) is 3.31. The number of halogens is 1. The topological polar surface area (TPSA) is 26.3 Å². The number of carbonyl (C=O) groups is 1. The fourth-order valence-electron chi connectivity index (χ4n) is 4.35. The first-order valence-corrected chi connectivity index (χ1v) is 7.30. The number of benzene rings is 1. The van der Waals surface area contributed by atoms with Gasteiger partial charge in [-0.3, -0.25) is 4.79 Å². The molecule has 1 saturated carbocycles. The van der Waals surface area contributed by atoms with E-state index in [4.69, 9.17) is 4.74 Å². The number of carbonyl (C=O) groups excluding carboxylic acids is 1. The summed E-state index contributed by atoms with van der Waals surface area (Å²) < 4.78 is 19.5. The Morgan fingerprint density at radius 3 is 2.75 bits per heavy atom. The number of fused-ring (bicyclic) bond motifs is 1. The minimum Gasteiger partial charge on any atom is -0.486 e. The van der Waals surface area contributed by atoms with Gasteiger partial charge >= 0.3 is 0 Å². The maximum atomic E-state index is 13.3. The number of rotatable bonds is 0. The number of ketones is 1. The van der Waals surface area contributed by atoms with E-state index in [2.05, 4.69) is 20.8 Å². The van der Waals surface area contributed by atoms with Gasteiger partial charge in [-0.2, -0.15) is 0 Å². The van der Waals surface area contributed by atoms with Crippen molar-refractivity contribution in [2.45, 2.75) is 52.1 Å². The fourth-order valence-corrected chi connectivity index (χ4v) is 4.35. The molecule has 1 aromatic carbocycles. The highest BCUT2D eigenvalue weighted by Crippen LogP contribution is 2.50. The second-order valence-electron chi connectivity index (χ2n) is 7.38. The monoisotopic (exact) mass is 276 g/mol. The Morgan fingerprint density at radius 2 is 2.05 bits per heavy atom. The molecule has 20 heavy (non-hydrogen) atoms. The predicted octanol–water partition coefficient (Wildman–Crippen LogP) is 4.38. The van der Waals surface area contributed by atoms with Crippen molar-refractivity contribution in [1.82, 2.24) is 0 Å². The molecule has 3 heteroatoms. The highest BCUT2D eigenvalue weighted by molar-refractivity contribution is 6.00. The molecule has 0 N–H and O–H groups in total. The van der Waals surface area contributed by atoms with E-state index >= 15 is 0 Å². The minimum absolute atomic E-state index is 0.00986. The molecule has 3 rings (SSSR count). The van der Waals surface area contributed by atoms with Crippen molar-refractivity contribution in [2.24, 2.45) is 11.3 Å². The van der Waals surface area contributed by atoms with E-state index in [1.165, 1.54) is 12.1 Å². The van der Waals surface area contributed by atoms with Gasteiger partial charge in [0.1, 0.15) is 17.2 Å². The highest BCUT2D eigenvalue weighted by Gasteiger charge is 2.48. The second kappa shape index (κ2) is 4.31. The summed E-state index contributed by atoms with van der Waals surface area (Å²) in [7, 11) is 0. The van der Waals surface area contributed by atoms with Gasteiger partial charge in [0.05, 0.1) is 12.0 Å². The maximum Gasteiger partial charge on any atom is 0.170 e. The number of ether oxygens (including phenoxy) is 1. The molecule has 1 spiro atoms. The molecule has 0 saturated heterocycles. The van der Waals surface area contributed by atoms with Crippen LogP contribution in [0.4, 0.5) is 4.39 Å². The summed E-state index contributed by atoms with van der Waals surface area (Å²) in [6.45, 7) is 6.69. The number of Topliss-reactive ketones (excluding diaryl/α,β-unsaturated/α-hetero) is 1. The first kappa shape index (κ1) is 13.6. The van der Waals surface area contributed by atoms with Crippen LogP contribution in [0.2, 0.25) is 0 Å². The Balaban J connectivity index is 1.98. The third-order valence-corrected chi connectivity index (χ3v) is 4.47. The van der Waals surface area contributed by atoms with Crippen LogP contribution in [0.25, 0.3) is 0 Å². The normalized spacial score (nSPS) is 31.8. The molecule has 2 aliphatic rings. The summed E-state index contributed by atoms with van der Waals surface area (Å²) in [6, 6.07) is 4.25. The molecule has 1 aromatic rings. The van der Waals surface area contributed by atoms with Crippen molar-refractivity contribution in [2.75, 3.05) is 0 Å². The molecular formula is C17H21FO2. The lowest BCUT2D eigenvalue weighted by atomic mass is 9.63. The molecule has 0 amide bonds. The molecule has 2 unspecified atom stereocenters. The zero-order chi connectivity index (χ0) is 14.5. The van der Waals surface area contributed by atoms with E-state index in [0.717, 1.165) is 19.3 Å². The SMILES string of the molecule is CC1CC(C)(C)CC2(CC(=O)c3cc(F)ccc3O2)C1. The smallest absolute Gasteiger partial charge is 0.170 e. The molecule has 108 valence electrons. The van der Waals surface area contributed by atoms with Crippen molar-refractivity contribution in [3.8, 4) is 5.75 Å². The lowest BCUT2D eigenvalue weighted by Gasteiger charge is -2.49. The van der Waals surface area contributed by atoms with Crippen molar-refractivity contribution in [1.29, 1.82) is 0 Å². The Labute approximate surface area is 119 Å². The van der Waals surface area contributed by atoms with Crippen molar-refractivity contribution in [3.05, 3.63) is 29.6 Å². The Hall–Kier alpha value is -1.38. The molecule has 1 fully saturated rings. The highest BCUT2D eigenvalue weighted by atomic mass is 19.1. The van der Waals surface area contributed by atoms with Crippen LogP contribution in [-0.4, -0.2) is 11.4 Å². The summed E-state index contributed by atoms with van der Waals surface area (Å²) in [5.41, 5.74) is 0.171. The summed E-state index contributed by atoms with van der Waals surface area (Å²) in [5.74, 6) is 0.714. The van der Waals surface area contributed by atoms with Crippen LogP contribution in [0.3, 0.4) is 0 Å². The third kappa shape index (κ3) is 2.34. The molecule has 0 radical (unpaired) electrons. The Morgan fingerprint density at radius 1 is 1.30 bits per heavy atom. The average molecular weight is 276 g/mol. The maximum absolute atomic E-state index is 13.3. The van der Waals surface area contributed by atoms with E-state index in [1.807, 2.05) is 0 Å². The van der Waals surface area contributed by atoms with Crippen LogP contribution >= 0.6 is 0 Å². The minimum atomic E-state index is -0.400. The molecule has 1 heterocycles. The van der Waals surface area contributed by atoms with Crippen LogP contribution < -0.4 is 4.74 Å². The van der Waals surface area contributed by atoms with Gasteiger partial charge in [-0.1, -0.05) is 20.8 Å². The first-order valence-electron chi connectivity index (χ1n) is 7.30. The van der Waals surface area contributed by atoms with E-state index in [0.29, 0.717) is 23.7 Å². The molecule has 0 bridgehead atoms. The summed E-state index contributed by atoms with van der Waals surface area (Å²) >= 11 is 0. The van der Waals surface area contributed by atoms with Crippen LogP contribution in [0.1, 0.15) is 56.8 Å². The van der Waals surface area contributed by atoms with Gasteiger partial charge in [0.25, 0.3) is 0 Å². The quantitative estimate of drug-likeness (QED) is 0.703. The second-order valence-corrected chi connectivity index (χ2v) is 7.38. The average Bonchev–Trinajstić information content (AvgIpc) is 2.27. The van der Waals surface area contributed by atoms with E-state index in [9.17, 15) is 9.18 Å². The standard InChI is InChI=1S/C17H21FO2/c1-11-7-16(2,3)10-17(8-11)9-14(19)13-6-12(18)4-5-15(13)20-17/h4-6,11H,7-10H2,1-3H3. The van der Waals surface area contributed by atoms with Crippen LogP contribution in [0.15, 0.2) is 18.2 Å². The van der Waals surface area contributed by atoms with Crippen LogP contribution in [0.5, 0.6) is 5.75 Å². The van der Waals surface area contributed by atoms with Gasteiger partial charge in [0.15, 0.2) is 5.78 Å². The summed E-state index contributed by atoms with van der Waals surface area (Å²) in [4.78, 5) is 12.4. The van der Waals surface area contributed by atoms with E-state index in [-0.39, 0.29) is 17.0 Å². The van der Waals surface area contributed by atoms with Crippen molar-refractivity contribution in [3.63, 3.8) is 0 Å². The lowest BCUT2D eigenvalue weighted by Crippen LogP contribution is -2.50. The molecule has 0 aromatic heterocycles. The van der Waals surface area contributed by atoms with Gasteiger partial charge in [-0.25, -0.2) is 4.39 Å². The zero-order valence-electron chi connectivity index (χ0n) is 12.3. The van der Waals surface area contributed by atoms with E-state index in [1.54, 1.807) is 6.07 Å². The van der Waals surface area contributed by atoms with Gasteiger partial charge in [0, 0.05) is 0 Å². The third-order valence-electron chi connectivity index (χ3n) is 4.47. The summed E-state index contributed by atoms with van der Waals surface area (Å²) in [5, 5.41) is 0. The number of hydrogen-bond donors (Lipinski definition) is 0.